The van der Waals surface area contributed by atoms with Gasteiger partial charge in [-0.15, -0.1) is 0 Å². The first-order valence-corrected chi connectivity index (χ1v) is 7.15. The fourth-order valence-electron chi connectivity index (χ4n) is 2.29. The first kappa shape index (κ1) is 15.5. The maximum absolute atomic E-state index is 9.89. The van der Waals surface area contributed by atoms with Crippen LogP contribution >= 0.6 is 0 Å². The van der Waals surface area contributed by atoms with Gasteiger partial charge in [0.2, 0.25) is 0 Å². The highest BCUT2D eigenvalue weighted by Gasteiger charge is 2.13. The van der Waals surface area contributed by atoms with Gasteiger partial charge in [0.05, 0.1) is 5.69 Å². The van der Waals surface area contributed by atoms with Crippen LogP contribution in [0, 0.1) is 6.92 Å². The van der Waals surface area contributed by atoms with Crippen LogP contribution < -0.4 is 5.32 Å². The van der Waals surface area contributed by atoms with Crippen LogP contribution in [0.3, 0.4) is 0 Å². The van der Waals surface area contributed by atoms with Crippen molar-refractivity contribution < 1.29 is 5.11 Å². The summed E-state index contributed by atoms with van der Waals surface area (Å²) in [7, 11) is 4.11. The normalized spacial score (nSPS) is 12.6. The number of nitrogens with one attached hydrogen (secondary N) is 1. The zero-order valence-corrected chi connectivity index (χ0v) is 12.9. The Morgan fingerprint density at radius 3 is 2.52 bits per heavy atom. The molecule has 1 unspecified atom stereocenters. The summed E-state index contributed by atoms with van der Waals surface area (Å²) in [5.74, 6) is 0.241. The summed E-state index contributed by atoms with van der Waals surface area (Å²) in [4.78, 5) is 6.54. The van der Waals surface area contributed by atoms with E-state index in [1.165, 1.54) is 5.56 Å². The molecule has 4 nitrogen and oxygen atoms in total. The lowest BCUT2D eigenvalue weighted by molar-refractivity contribution is 0.338. The SMILES string of the molecule is Cc1ccc(O)c(CNC(CN(C)C)c2ccccc2)n1. The highest BCUT2D eigenvalue weighted by atomic mass is 16.3. The number of hydrogen-bond acceptors (Lipinski definition) is 4. The second-order valence-corrected chi connectivity index (χ2v) is 5.52. The third-order valence-corrected chi connectivity index (χ3v) is 3.35. The molecular weight excluding hydrogens is 262 g/mol. The van der Waals surface area contributed by atoms with Gasteiger partial charge < -0.3 is 15.3 Å². The Kier molecular flexibility index (Phi) is 5.31. The van der Waals surface area contributed by atoms with Crippen molar-refractivity contribution in [3.63, 3.8) is 0 Å². The van der Waals surface area contributed by atoms with Gasteiger partial charge in [0, 0.05) is 24.8 Å². The first-order valence-electron chi connectivity index (χ1n) is 7.15. The topological polar surface area (TPSA) is 48.4 Å². The minimum atomic E-state index is 0.197. The average molecular weight is 285 g/mol. The standard InChI is InChI=1S/C17H23N3O/c1-13-9-10-17(21)15(19-13)11-18-16(12-20(2)3)14-7-5-4-6-8-14/h4-10,16,18,21H,11-12H2,1-3H3. The molecule has 21 heavy (non-hydrogen) atoms. The molecule has 0 radical (unpaired) electrons. The summed E-state index contributed by atoms with van der Waals surface area (Å²) >= 11 is 0. The maximum atomic E-state index is 9.89. The van der Waals surface area contributed by atoms with Crippen LogP contribution in [0.15, 0.2) is 42.5 Å². The molecule has 4 heteroatoms. The van der Waals surface area contributed by atoms with Crippen molar-refractivity contribution in [2.45, 2.75) is 19.5 Å². The lowest BCUT2D eigenvalue weighted by Gasteiger charge is -2.23. The van der Waals surface area contributed by atoms with Crippen molar-refractivity contribution in [2.75, 3.05) is 20.6 Å². The van der Waals surface area contributed by atoms with E-state index in [-0.39, 0.29) is 11.8 Å². The Labute approximate surface area is 126 Å². The van der Waals surface area contributed by atoms with Crippen LogP contribution in [0.1, 0.15) is 23.0 Å². The van der Waals surface area contributed by atoms with Gasteiger partial charge in [-0.3, -0.25) is 4.98 Å². The molecule has 0 spiro atoms. The Morgan fingerprint density at radius 2 is 1.86 bits per heavy atom. The number of rotatable bonds is 6. The summed E-state index contributed by atoms with van der Waals surface area (Å²) in [5, 5.41) is 13.4. The van der Waals surface area contributed by atoms with Crippen LogP contribution in [0.4, 0.5) is 0 Å². The molecule has 1 heterocycles. The van der Waals surface area contributed by atoms with Crippen molar-refractivity contribution in [3.8, 4) is 5.75 Å². The van der Waals surface area contributed by atoms with E-state index in [4.69, 9.17) is 0 Å². The van der Waals surface area contributed by atoms with Crippen molar-refractivity contribution in [1.29, 1.82) is 0 Å². The Hall–Kier alpha value is -1.91. The molecule has 0 saturated carbocycles. The van der Waals surface area contributed by atoms with E-state index in [1.807, 2.05) is 31.2 Å². The van der Waals surface area contributed by atoms with Gasteiger partial charge in [-0.2, -0.15) is 0 Å². The van der Waals surface area contributed by atoms with Crippen molar-refractivity contribution in [1.82, 2.24) is 15.2 Å². The largest absolute Gasteiger partial charge is 0.506 e. The summed E-state index contributed by atoms with van der Waals surface area (Å²) in [6, 6.07) is 14.0. The Bertz CT molecular complexity index is 570. The number of benzene rings is 1. The predicted molar refractivity (Wildman–Crippen MR) is 85.2 cm³/mol. The fraction of sp³-hybridized carbons (Fsp3) is 0.353. The number of aromatic nitrogens is 1. The molecular formula is C17H23N3O. The molecule has 0 aliphatic heterocycles. The van der Waals surface area contributed by atoms with Crippen LogP contribution in [-0.2, 0) is 6.54 Å². The van der Waals surface area contributed by atoms with E-state index in [9.17, 15) is 5.11 Å². The molecule has 0 fully saturated rings. The fourth-order valence-corrected chi connectivity index (χ4v) is 2.29. The van der Waals surface area contributed by atoms with E-state index in [0.717, 1.165) is 12.2 Å². The van der Waals surface area contributed by atoms with Crippen molar-refractivity contribution >= 4 is 0 Å². The molecule has 0 aliphatic rings. The van der Waals surface area contributed by atoms with Crippen molar-refractivity contribution in [2.24, 2.45) is 0 Å². The molecule has 2 N–H and O–H groups in total. The average Bonchev–Trinajstić information content (AvgIpc) is 2.47. The van der Waals surface area contributed by atoms with Gasteiger partial charge in [-0.1, -0.05) is 30.3 Å². The number of hydrogen-bond donors (Lipinski definition) is 2. The monoisotopic (exact) mass is 285 g/mol. The minimum Gasteiger partial charge on any atom is -0.506 e. The molecule has 1 aromatic heterocycles. The number of likely N-dealkylation sites (N-methyl/N-ethyl adjacent to an activating group) is 1. The van der Waals surface area contributed by atoms with E-state index in [1.54, 1.807) is 6.07 Å². The number of pyridine rings is 1. The van der Waals surface area contributed by atoms with E-state index >= 15 is 0 Å². The number of aryl methyl sites for hydroxylation is 1. The molecule has 112 valence electrons. The van der Waals surface area contributed by atoms with Crippen LogP contribution in [0.2, 0.25) is 0 Å². The third-order valence-electron chi connectivity index (χ3n) is 3.35. The highest BCUT2D eigenvalue weighted by molar-refractivity contribution is 5.28. The molecule has 2 rings (SSSR count). The van der Waals surface area contributed by atoms with Crippen LogP contribution in [0.25, 0.3) is 0 Å². The smallest absolute Gasteiger partial charge is 0.138 e. The minimum absolute atomic E-state index is 0.197. The molecule has 1 atom stereocenters. The van der Waals surface area contributed by atoms with E-state index < -0.39 is 0 Å². The van der Waals surface area contributed by atoms with Gasteiger partial charge in [0.1, 0.15) is 5.75 Å². The van der Waals surface area contributed by atoms with Crippen LogP contribution in [-0.4, -0.2) is 35.6 Å². The second kappa shape index (κ2) is 7.20. The summed E-state index contributed by atoms with van der Waals surface area (Å²) in [6.07, 6.45) is 0. The maximum Gasteiger partial charge on any atom is 0.138 e. The highest BCUT2D eigenvalue weighted by Crippen LogP contribution is 2.18. The molecule has 0 saturated heterocycles. The van der Waals surface area contributed by atoms with Gasteiger partial charge in [0.25, 0.3) is 0 Å². The molecule has 2 aromatic rings. The quantitative estimate of drug-likeness (QED) is 0.856. The van der Waals surface area contributed by atoms with Crippen molar-refractivity contribution in [3.05, 3.63) is 59.4 Å². The number of nitrogens with zero attached hydrogens (tertiary/aromatic N) is 2. The van der Waals surface area contributed by atoms with E-state index in [2.05, 4.69) is 41.4 Å². The molecule has 0 bridgehead atoms. The Morgan fingerprint density at radius 1 is 1.14 bits per heavy atom. The third kappa shape index (κ3) is 4.55. The zero-order valence-electron chi connectivity index (χ0n) is 12.9. The molecule has 0 amide bonds. The van der Waals surface area contributed by atoms with E-state index in [0.29, 0.717) is 12.2 Å². The molecule has 0 aliphatic carbocycles. The van der Waals surface area contributed by atoms with Gasteiger partial charge in [-0.05, 0) is 38.7 Å². The lowest BCUT2D eigenvalue weighted by Crippen LogP contribution is -2.31. The molecule has 1 aromatic carbocycles. The zero-order chi connectivity index (χ0) is 15.2. The summed E-state index contributed by atoms with van der Waals surface area (Å²) in [5.41, 5.74) is 2.83. The van der Waals surface area contributed by atoms with Gasteiger partial charge >= 0.3 is 0 Å². The van der Waals surface area contributed by atoms with Gasteiger partial charge in [0.15, 0.2) is 0 Å². The summed E-state index contributed by atoms with van der Waals surface area (Å²) in [6.45, 7) is 3.36. The second-order valence-electron chi connectivity index (χ2n) is 5.52. The van der Waals surface area contributed by atoms with Crippen LogP contribution in [0.5, 0.6) is 5.75 Å². The Balaban J connectivity index is 2.10. The summed E-state index contributed by atoms with van der Waals surface area (Å²) < 4.78 is 0. The lowest BCUT2D eigenvalue weighted by atomic mass is 10.1. The first-order chi connectivity index (χ1) is 10.1. The number of aromatic hydroxyl groups is 1. The van der Waals surface area contributed by atoms with Gasteiger partial charge in [-0.25, -0.2) is 0 Å². The predicted octanol–water partition coefficient (Wildman–Crippen LogP) is 2.49.